The number of aryl methyl sites for hydroxylation is 2. The number of ether oxygens (including phenoxy) is 1. The standard InChI is InChI=1S/C23H32BN3O5.C4H8/c1-15(17-7-9-18(10-8-17)24-31-22(3,4)23(5,6)32-24)27-14-13-19(30-21(27)28)11-12-20-26-25-16(2)29-20;1-3-4-2/h7-10,15,19H,11-14H2,1-6H3;3-4H,1-2H3/b;4-3-. The Balaban J connectivity index is 0.000000840. The quantitative estimate of drug-likeness (QED) is 0.402. The second-order valence-corrected chi connectivity index (χ2v) is 10.3. The summed E-state index contributed by atoms with van der Waals surface area (Å²) in [6.07, 6.45) is 5.64. The van der Waals surface area contributed by atoms with Gasteiger partial charge in [-0.25, -0.2) is 4.79 Å². The van der Waals surface area contributed by atoms with E-state index in [-0.39, 0.29) is 29.4 Å². The van der Waals surface area contributed by atoms with Gasteiger partial charge in [-0.1, -0.05) is 36.4 Å². The number of allylic oxidation sites excluding steroid dienone is 2. The molecule has 36 heavy (non-hydrogen) atoms. The molecule has 0 bridgehead atoms. The minimum atomic E-state index is -0.396. The van der Waals surface area contributed by atoms with Crippen LogP contribution in [-0.4, -0.2) is 52.2 Å². The maximum atomic E-state index is 12.7. The van der Waals surface area contributed by atoms with E-state index in [0.717, 1.165) is 17.4 Å². The Labute approximate surface area is 215 Å². The molecule has 2 aliphatic heterocycles. The number of rotatable bonds is 6. The average Bonchev–Trinajstić information content (AvgIpc) is 3.36. The molecule has 0 spiro atoms. The number of amides is 1. The van der Waals surface area contributed by atoms with Gasteiger partial charge in [0, 0.05) is 26.3 Å². The number of nitrogens with zero attached hydrogens (tertiary/aromatic N) is 3. The molecule has 1 aromatic carbocycles. The molecule has 9 heteroatoms. The molecule has 2 atom stereocenters. The van der Waals surface area contributed by atoms with E-state index < -0.39 is 7.12 Å². The Hall–Kier alpha value is -2.65. The van der Waals surface area contributed by atoms with Crippen LogP contribution in [0.15, 0.2) is 40.8 Å². The number of hydrogen-bond donors (Lipinski definition) is 0. The van der Waals surface area contributed by atoms with Crippen LogP contribution in [-0.2, 0) is 20.5 Å². The van der Waals surface area contributed by atoms with Crippen molar-refractivity contribution in [3.63, 3.8) is 0 Å². The highest BCUT2D eigenvalue weighted by molar-refractivity contribution is 6.62. The Morgan fingerprint density at radius 3 is 2.19 bits per heavy atom. The maximum Gasteiger partial charge on any atom is 0.494 e. The largest absolute Gasteiger partial charge is 0.494 e. The lowest BCUT2D eigenvalue weighted by Crippen LogP contribution is -2.43. The van der Waals surface area contributed by atoms with Crippen molar-refractivity contribution in [2.24, 2.45) is 0 Å². The third-order valence-electron chi connectivity index (χ3n) is 7.19. The van der Waals surface area contributed by atoms with Gasteiger partial charge in [-0.05, 0) is 65.9 Å². The molecule has 0 radical (unpaired) electrons. The molecule has 0 N–H and O–H groups in total. The van der Waals surface area contributed by atoms with E-state index in [2.05, 4.69) is 10.2 Å². The van der Waals surface area contributed by atoms with Crippen LogP contribution in [0.1, 0.15) is 84.7 Å². The molecule has 0 aliphatic carbocycles. The first kappa shape index (κ1) is 27.9. The number of carbonyl (C=O) groups excluding carboxylic acids is 1. The molecule has 2 aromatic rings. The minimum Gasteiger partial charge on any atom is -0.446 e. The molecule has 2 saturated heterocycles. The van der Waals surface area contributed by atoms with Crippen LogP contribution < -0.4 is 5.46 Å². The molecule has 4 rings (SSSR count). The summed E-state index contributed by atoms with van der Waals surface area (Å²) in [5.41, 5.74) is 1.26. The van der Waals surface area contributed by atoms with Gasteiger partial charge in [0.05, 0.1) is 17.2 Å². The molecule has 196 valence electrons. The maximum absolute atomic E-state index is 12.7. The van der Waals surface area contributed by atoms with Gasteiger partial charge >= 0.3 is 13.2 Å². The van der Waals surface area contributed by atoms with Gasteiger partial charge in [0.25, 0.3) is 0 Å². The van der Waals surface area contributed by atoms with Gasteiger partial charge in [0.15, 0.2) is 0 Å². The summed E-state index contributed by atoms with van der Waals surface area (Å²) < 4.78 is 23.3. The molecule has 1 aromatic heterocycles. The van der Waals surface area contributed by atoms with Crippen molar-refractivity contribution in [1.82, 2.24) is 15.1 Å². The van der Waals surface area contributed by atoms with Gasteiger partial charge in [0.2, 0.25) is 11.8 Å². The number of cyclic esters (lactones) is 1. The normalized spacial score (nSPS) is 21.8. The first-order valence-corrected chi connectivity index (χ1v) is 12.8. The summed E-state index contributed by atoms with van der Waals surface area (Å²) in [4.78, 5) is 14.4. The Kier molecular flexibility index (Phi) is 9.00. The molecule has 8 nitrogen and oxygen atoms in total. The zero-order valence-corrected chi connectivity index (χ0v) is 22.9. The first-order valence-electron chi connectivity index (χ1n) is 12.8. The van der Waals surface area contributed by atoms with Gasteiger partial charge in [-0.15, -0.1) is 10.2 Å². The SMILES string of the molecule is C/C=C\C.Cc1nnc(CCC2CCN(C(C)c3ccc(B4OC(C)(C)C(C)(C)O4)cc3)C(=O)O2)o1. The van der Waals surface area contributed by atoms with E-state index >= 15 is 0 Å². The van der Waals surface area contributed by atoms with Crippen molar-refractivity contribution in [2.45, 2.75) is 98.0 Å². The second-order valence-electron chi connectivity index (χ2n) is 10.3. The number of benzene rings is 1. The van der Waals surface area contributed by atoms with Crippen LogP contribution in [0.25, 0.3) is 0 Å². The fourth-order valence-corrected chi connectivity index (χ4v) is 4.01. The van der Waals surface area contributed by atoms with E-state index in [0.29, 0.717) is 31.2 Å². The highest BCUT2D eigenvalue weighted by Gasteiger charge is 2.51. The highest BCUT2D eigenvalue weighted by Crippen LogP contribution is 2.36. The van der Waals surface area contributed by atoms with Crippen molar-refractivity contribution >= 4 is 18.7 Å². The smallest absolute Gasteiger partial charge is 0.446 e. The lowest BCUT2D eigenvalue weighted by molar-refractivity contribution is 0.00578. The topological polar surface area (TPSA) is 86.9 Å². The summed E-state index contributed by atoms with van der Waals surface area (Å²) >= 11 is 0. The molecule has 3 heterocycles. The number of hydrogen-bond acceptors (Lipinski definition) is 7. The molecule has 1 amide bonds. The fourth-order valence-electron chi connectivity index (χ4n) is 4.01. The monoisotopic (exact) mass is 497 g/mol. The molecular weight excluding hydrogens is 457 g/mol. The molecule has 0 saturated carbocycles. The first-order chi connectivity index (χ1) is 17.0. The van der Waals surface area contributed by atoms with Crippen molar-refractivity contribution in [3.05, 3.63) is 53.8 Å². The predicted octanol–water partition coefficient (Wildman–Crippen LogP) is 5.16. The van der Waals surface area contributed by atoms with Crippen molar-refractivity contribution < 1.29 is 23.3 Å². The molecule has 2 aliphatic rings. The Morgan fingerprint density at radius 1 is 1.08 bits per heavy atom. The minimum absolute atomic E-state index is 0.0885. The zero-order valence-electron chi connectivity index (χ0n) is 22.9. The molecule has 2 fully saturated rings. The molecule has 2 unspecified atom stereocenters. The predicted molar refractivity (Wildman–Crippen MR) is 140 cm³/mol. The van der Waals surface area contributed by atoms with Gasteiger partial charge < -0.3 is 23.4 Å². The lowest BCUT2D eigenvalue weighted by Gasteiger charge is -2.35. The highest BCUT2D eigenvalue weighted by atomic mass is 16.7. The summed E-state index contributed by atoms with van der Waals surface area (Å²) in [6, 6.07) is 8.00. The Morgan fingerprint density at radius 2 is 1.69 bits per heavy atom. The van der Waals surface area contributed by atoms with E-state index in [1.165, 1.54) is 0 Å². The van der Waals surface area contributed by atoms with Gasteiger partial charge in [-0.2, -0.15) is 0 Å². The van der Waals surface area contributed by atoms with Gasteiger partial charge in [-0.3, -0.25) is 0 Å². The molecular formula is C27H40BN3O5. The van der Waals surface area contributed by atoms with Crippen molar-refractivity contribution in [3.8, 4) is 0 Å². The van der Waals surface area contributed by atoms with Gasteiger partial charge in [0.1, 0.15) is 6.10 Å². The fraction of sp³-hybridized carbons (Fsp3) is 0.593. The summed E-state index contributed by atoms with van der Waals surface area (Å²) in [5, 5.41) is 7.83. The van der Waals surface area contributed by atoms with Crippen LogP contribution in [0.2, 0.25) is 0 Å². The summed E-state index contributed by atoms with van der Waals surface area (Å²) in [5.74, 6) is 1.13. The Bertz CT molecular complexity index is 1010. The van der Waals surface area contributed by atoms with Crippen LogP contribution in [0.4, 0.5) is 4.79 Å². The summed E-state index contributed by atoms with van der Waals surface area (Å²) in [7, 11) is -0.396. The van der Waals surface area contributed by atoms with E-state index in [1.54, 1.807) is 11.8 Å². The zero-order chi connectivity index (χ0) is 26.5. The average molecular weight is 497 g/mol. The van der Waals surface area contributed by atoms with E-state index in [9.17, 15) is 4.79 Å². The van der Waals surface area contributed by atoms with Crippen molar-refractivity contribution in [2.75, 3.05) is 6.54 Å². The number of aromatic nitrogens is 2. The third kappa shape index (κ3) is 6.56. The van der Waals surface area contributed by atoms with E-state index in [4.69, 9.17) is 18.5 Å². The second kappa shape index (κ2) is 11.6. The van der Waals surface area contributed by atoms with Crippen LogP contribution in [0.3, 0.4) is 0 Å². The lowest BCUT2D eigenvalue weighted by atomic mass is 9.78. The van der Waals surface area contributed by atoms with Crippen LogP contribution in [0.5, 0.6) is 0 Å². The van der Waals surface area contributed by atoms with Crippen LogP contribution >= 0.6 is 0 Å². The third-order valence-corrected chi connectivity index (χ3v) is 7.19. The van der Waals surface area contributed by atoms with Crippen molar-refractivity contribution in [1.29, 1.82) is 0 Å². The van der Waals surface area contributed by atoms with Crippen LogP contribution in [0, 0.1) is 6.92 Å². The summed E-state index contributed by atoms with van der Waals surface area (Å²) in [6.45, 7) is 16.6. The van der Waals surface area contributed by atoms with E-state index in [1.807, 2.05) is 84.9 Å². The number of carbonyl (C=O) groups is 1.